The summed E-state index contributed by atoms with van der Waals surface area (Å²) in [5.74, 6) is 0.263. The average molecular weight is 299 g/mol. The Morgan fingerprint density at radius 2 is 2.05 bits per heavy atom. The van der Waals surface area contributed by atoms with Crippen molar-refractivity contribution in [3.63, 3.8) is 0 Å². The molecule has 0 aliphatic carbocycles. The van der Waals surface area contributed by atoms with Crippen molar-refractivity contribution in [2.45, 2.75) is 19.3 Å². The lowest BCUT2D eigenvalue weighted by Gasteiger charge is -2.21. The third-order valence-corrected chi connectivity index (χ3v) is 3.96. The molecule has 1 fully saturated rings. The molecule has 0 radical (unpaired) electrons. The molecule has 1 aromatic heterocycles. The number of hydrogen-bond donors (Lipinski definition) is 1. The van der Waals surface area contributed by atoms with Gasteiger partial charge in [-0.3, -0.25) is 4.79 Å². The van der Waals surface area contributed by atoms with Crippen LogP contribution in [0.25, 0.3) is 5.69 Å². The van der Waals surface area contributed by atoms with Crippen LogP contribution in [-0.2, 0) is 16.0 Å². The van der Waals surface area contributed by atoms with Crippen LogP contribution in [0.3, 0.4) is 0 Å². The minimum Gasteiger partial charge on any atom is -0.381 e. The lowest BCUT2D eigenvalue weighted by Crippen LogP contribution is -2.35. The molecule has 0 unspecified atom stereocenters. The van der Waals surface area contributed by atoms with Crippen LogP contribution >= 0.6 is 0 Å². The van der Waals surface area contributed by atoms with Gasteiger partial charge in [-0.15, -0.1) is 0 Å². The minimum atomic E-state index is 0.112. The molecule has 0 bridgehead atoms. The number of carbonyl (C=O) groups excluding carboxylic acids is 1. The molecule has 5 heteroatoms. The van der Waals surface area contributed by atoms with Gasteiger partial charge in [0.25, 0.3) is 0 Å². The topological polar surface area (TPSA) is 56.2 Å². The number of nitrogens with zero attached hydrogens (tertiary/aromatic N) is 2. The maximum atomic E-state index is 12.0. The van der Waals surface area contributed by atoms with Gasteiger partial charge in [0.1, 0.15) is 0 Å². The summed E-state index contributed by atoms with van der Waals surface area (Å²) in [7, 11) is 0. The Bertz CT molecular complexity index is 603. The fourth-order valence-corrected chi connectivity index (χ4v) is 2.65. The van der Waals surface area contributed by atoms with Crippen LogP contribution in [0.5, 0.6) is 0 Å². The zero-order chi connectivity index (χ0) is 15.2. The van der Waals surface area contributed by atoms with E-state index in [2.05, 4.69) is 10.4 Å². The van der Waals surface area contributed by atoms with E-state index < -0.39 is 0 Å². The Morgan fingerprint density at radius 1 is 1.27 bits per heavy atom. The Kier molecular flexibility index (Phi) is 4.85. The molecular formula is C17H21N3O2. The van der Waals surface area contributed by atoms with E-state index in [4.69, 9.17) is 4.74 Å². The van der Waals surface area contributed by atoms with Gasteiger partial charge in [-0.2, -0.15) is 5.10 Å². The van der Waals surface area contributed by atoms with Crippen molar-refractivity contribution in [2.24, 2.45) is 5.92 Å². The minimum absolute atomic E-state index is 0.112. The van der Waals surface area contributed by atoms with Crippen LogP contribution < -0.4 is 5.32 Å². The molecule has 1 saturated heterocycles. The van der Waals surface area contributed by atoms with Gasteiger partial charge >= 0.3 is 0 Å². The average Bonchev–Trinajstić information content (AvgIpc) is 3.05. The second kappa shape index (κ2) is 7.22. The van der Waals surface area contributed by atoms with E-state index >= 15 is 0 Å². The van der Waals surface area contributed by atoms with Crippen LogP contribution in [0.1, 0.15) is 18.4 Å². The van der Waals surface area contributed by atoms with Gasteiger partial charge in [-0.05, 0) is 37.0 Å². The predicted molar refractivity (Wildman–Crippen MR) is 83.8 cm³/mol. The van der Waals surface area contributed by atoms with Gasteiger partial charge < -0.3 is 10.1 Å². The van der Waals surface area contributed by atoms with E-state index in [1.807, 2.05) is 47.4 Å². The van der Waals surface area contributed by atoms with Crippen LogP contribution in [0.4, 0.5) is 0 Å². The Hall–Kier alpha value is -2.14. The van der Waals surface area contributed by atoms with Gasteiger partial charge in [-0.1, -0.05) is 18.2 Å². The molecule has 5 nitrogen and oxygen atoms in total. The number of para-hydroxylation sites is 1. The fourth-order valence-electron chi connectivity index (χ4n) is 2.65. The van der Waals surface area contributed by atoms with Gasteiger partial charge in [0.15, 0.2) is 0 Å². The van der Waals surface area contributed by atoms with Crippen molar-refractivity contribution >= 4 is 5.91 Å². The Balaban J connectivity index is 1.48. The largest absolute Gasteiger partial charge is 0.381 e. The predicted octanol–water partition coefficient (Wildman–Crippen LogP) is 1.96. The number of amides is 1. The first-order valence-electron chi connectivity index (χ1n) is 7.77. The third kappa shape index (κ3) is 3.74. The summed E-state index contributed by atoms with van der Waals surface area (Å²) in [4.78, 5) is 12.0. The normalized spacial score (nSPS) is 15.6. The van der Waals surface area contributed by atoms with Crippen molar-refractivity contribution in [2.75, 3.05) is 19.8 Å². The summed E-state index contributed by atoms with van der Waals surface area (Å²) in [6.45, 7) is 2.04. The van der Waals surface area contributed by atoms with E-state index in [-0.39, 0.29) is 11.8 Å². The summed E-state index contributed by atoms with van der Waals surface area (Å²) >= 11 is 0. The molecule has 2 aromatic rings. The van der Waals surface area contributed by atoms with Gasteiger partial charge in [-0.25, -0.2) is 4.68 Å². The fraction of sp³-hybridized carbons (Fsp3) is 0.412. The van der Waals surface area contributed by atoms with E-state index in [9.17, 15) is 4.79 Å². The highest BCUT2D eigenvalue weighted by Crippen LogP contribution is 2.14. The maximum Gasteiger partial charge on any atom is 0.223 e. The smallest absolute Gasteiger partial charge is 0.223 e. The second-order valence-corrected chi connectivity index (χ2v) is 5.56. The van der Waals surface area contributed by atoms with Crippen molar-refractivity contribution in [1.82, 2.24) is 15.1 Å². The number of benzene rings is 1. The number of rotatable bonds is 5. The van der Waals surface area contributed by atoms with Crippen molar-refractivity contribution < 1.29 is 9.53 Å². The summed E-state index contributed by atoms with van der Waals surface area (Å²) in [6, 6.07) is 10.0. The summed E-state index contributed by atoms with van der Waals surface area (Å²) in [5, 5.41) is 7.38. The molecule has 1 aromatic carbocycles. The zero-order valence-corrected chi connectivity index (χ0v) is 12.6. The highest BCUT2D eigenvalue weighted by atomic mass is 16.5. The van der Waals surface area contributed by atoms with Gasteiger partial charge in [0.2, 0.25) is 5.91 Å². The third-order valence-electron chi connectivity index (χ3n) is 3.96. The van der Waals surface area contributed by atoms with Crippen molar-refractivity contribution in [3.05, 3.63) is 48.3 Å². The summed E-state index contributed by atoms with van der Waals surface area (Å²) < 4.78 is 7.13. The second-order valence-electron chi connectivity index (χ2n) is 5.56. The first-order valence-corrected chi connectivity index (χ1v) is 7.77. The molecule has 1 aliphatic heterocycles. The van der Waals surface area contributed by atoms with Crippen LogP contribution in [0.2, 0.25) is 0 Å². The summed E-state index contributed by atoms with van der Waals surface area (Å²) in [5.41, 5.74) is 2.16. The van der Waals surface area contributed by atoms with Crippen LogP contribution in [0, 0.1) is 5.92 Å². The molecule has 2 heterocycles. The SMILES string of the molecule is O=C(NCCc1cnn(-c2ccccc2)c1)C1CCOCC1. The Morgan fingerprint density at radius 3 is 2.82 bits per heavy atom. The number of ether oxygens (including phenoxy) is 1. The highest BCUT2D eigenvalue weighted by Gasteiger charge is 2.20. The van der Waals surface area contributed by atoms with Crippen molar-refractivity contribution in [3.8, 4) is 5.69 Å². The highest BCUT2D eigenvalue weighted by molar-refractivity contribution is 5.78. The van der Waals surface area contributed by atoms with Gasteiger partial charge in [0, 0.05) is 31.9 Å². The number of hydrogen-bond acceptors (Lipinski definition) is 3. The number of carbonyl (C=O) groups is 1. The molecular weight excluding hydrogens is 278 g/mol. The lowest BCUT2D eigenvalue weighted by molar-refractivity contribution is -0.127. The number of nitrogens with one attached hydrogen (secondary N) is 1. The maximum absolute atomic E-state index is 12.0. The molecule has 116 valence electrons. The van der Waals surface area contributed by atoms with E-state index in [1.54, 1.807) is 0 Å². The molecule has 0 spiro atoms. The Labute approximate surface area is 130 Å². The molecule has 0 atom stereocenters. The molecule has 3 rings (SSSR count). The van der Waals surface area contributed by atoms with E-state index in [0.717, 1.165) is 30.5 Å². The van der Waals surface area contributed by atoms with E-state index in [1.165, 1.54) is 0 Å². The lowest BCUT2D eigenvalue weighted by atomic mass is 9.99. The molecule has 22 heavy (non-hydrogen) atoms. The molecule has 1 N–H and O–H groups in total. The standard InChI is InChI=1S/C17H21N3O2/c21-17(15-7-10-22-11-8-15)18-9-6-14-12-19-20(13-14)16-4-2-1-3-5-16/h1-5,12-13,15H,6-11H2,(H,18,21). The monoisotopic (exact) mass is 299 g/mol. The zero-order valence-electron chi connectivity index (χ0n) is 12.6. The van der Waals surface area contributed by atoms with Crippen molar-refractivity contribution in [1.29, 1.82) is 0 Å². The van der Waals surface area contributed by atoms with E-state index in [0.29, 0.717) is 19.8 Å². The van der Waals surface area contributed by atoms with Crippen LogP contribution in [0.15, 0.2) is 42.7 Å². The quantitative estimate of drug-likeness (QED) is 0.918. The first kappa shape index (κ1) is 14.8. The first-order chi connectivity index (χ1) is 10.8. The molecule has 0 saturated carbocycles. The molecule has 1 aliphatic rings. The van der Waals surface area contributed by atoms with Gasteiger partial charge in [0.05, 0.1) is 11.9 Å². The van der Waals surface area contributed by atoms with Crippen LogP contribution in [-0.4, -0.2) is 35.4 Å². The summed E-state index contributed by atoms with van der Waals surface area (Å²) in [6.07, 6.45) is 6.32. The molecule has 1 amide bonds. The number of aromatic nitrogens is 2.